The Labute approximate surface area is 161 Å². The molecule has 0 saturated carbocycles. The highest BCUT2D eigenvalue weighted by atomic mass is 32.2. The number of anilines is 1. The summed E-state index contributed by atoms with van der Waals surface area (Å²) in [6, 6.07) is 9.87. The molecule has 0 aliphatic carbocycles. The number of piperazine rings is 1. The van der Waals surface area contributed by atoms with Crippen LogP contribution in [0.5, 0.6) is 0 Å². The molecule has 1 saturated heterocycles. The molecule has 2 aromatic rings. The van der Waals surface area contributed by atoms with Crippen LogP contribution in [-0.4, -0.2) is 60.8 Å². The number of carbonyl (C=O) groups is 2. The summed E-state index contributed by atoms with van der Waals surface area (Å²) in [4.78, 5) is 32.2. The first-order valence-corrected chi connectivity index (χ1v) is 9.76. The van der Waals surface area contributed by atoms with E-state index in [1.807, 2.05) is 11.2 Å². The fourth-order valence-electron chi connectivity index (χ4n) is 2.91. The smallest absolute Gasteiger partial charge is 0.341 e. The molecule has 27 heavy (non-hydrogen) atoms. The SMILES string of the molecule is CSc1ncccc1C(=O)OCC(=O)N1CCN(c2ccccc2F)CC1. The number of hydrogen-bond acceptors (Lipinski definition) is 6. The summed E-state index contributed by atoms with van der Waals surface area (Å²) in [6.45, 7) is 1.64. The fourth-order valence-corrected chi connectivity index (χ4v) is 3.45. The fraction of sp³-hybridized carbons (Fsp3) is 0.316. The standard InChI is InChI=1S/C19H20FN3O3S/c1-27-18-14(5-4-8-21-18)19(25)26-13-17(24)23-11-9-22(10-12-23)16-7-3-2-6-15(16)20/h2-8H,9-13H2,1H3. The van der Waals surface area contributed by atoms with E-state index in [9.17, 15) is 14.0 Å². The Morgan fingerprint density at radius 3 is 2.59 bits per heavy atom. The third kappa shape index (κ3) is 4.57. The van der Waals surface area contributed by atoms with Gasteiger partial charge in [-0.15, -0.1) is 11.8 Å². The number of amides is 1. The molecule has 0 bridgehead atoms. The third-order valence-electron chi connectivity index (χ3n) is 4.34. The summed E-state index contributed by atoms with van der Waals surface area (Å²) in [7, 11) is 0. The lowest BCUT2D eigenvalue weighted by Gasteiger charge is -2.36. The van der Waals surface area contributed by atoms with E-state index in [1.54, 1.807) is 41.4 Å². The number of carbonyl (C=O) groups excluding carboxylic acids is 2. The number of thioether (sulfide) groups is 1. The number of hydrogen-bond donors (Lipinski definition) is 0. The molecule has 0 N–H and O–H groups in total. The Bertz CT molecular complexity index is 825. The molecule has 8 heteroatoms. The number of rotatable bonds is 5. The number of para-hydroxylation sites is 1. The third-order valence-corrected chi connectivity index (χ3v) is 5.05. The van der Waals surface area contributed by atoms with Gasteiger partial charge in [0.1, 0.15) is 10.8 Å². The van der Waals surface area contributed by atoms with Crippen LogP contribution in [-0.2, 0) is 9.53 Å². The van der Waals surface area contributed by atoms with E-state index in [0.29, 0.717) is 42.5 Å². The lowest BCUT2D eigenvalue weighted by atomic mass is 10.2. The summed E-state index contributed by atoms with van der Waals surface area (Å²) in [5.74, 6) is -1.09. The highest BCUT2D eigenvalue weighted by Gasteiger charge is 2.24. The van der Waals surface area contributed by atoms with E-state index in [2.05, 4.69) is 4.98 Å². The second-order valence-electron chi connectivity index (χ2n) is 5.96. The summed E-state index contributed by atoms with van der Waals surface area (Å²) in [6.07, 6.45) is 3.42. The Morgan fingerprint density at radius 2 is 1.89 bits per heavy atom. The number of halogens is 1. The van der Waals surface area contributed by atoms with Crippen molar-refractivity contribution in [3.05, 3.63) is 54.0 Å². The van der Waals surface area contributed by atoms with Gasteiger partial charge in [0.05, 0.1) is 11.3 Å². The molecular formula is C19H20FN3O3S. The Kier molecular flexibility index (Phi) is 6.28. The molecule has 142 valence electrons. The quantitative estimate of drug-likeness (QED) is 0.578. The van der Waals surface area contributed by atoms with Crippen LogP contribution in [0.15, 0.2) is 47.6 Å². The summed E-state index contributed by atoms with van der Waals surface area (Å²) < 4.78 is 19.0. The molecule has 2 heterocycles. The average Bonchev–Trinajstić information content (AvgIpc) is 2.72. The van der Waals surface area contributed by atoms with E-state index < -0.39 is 5.97 Å². The Hall–Kier alpha value is -2.61. The van der Waals surface area contributed by atoms with Crippen LogP contribution in [0, 0.1) is 5.82 Å². The van der Waals surface area contributed by atoms with Crippen molar-refractivity contribution in [2.45, 2.75) is 5.03 Å². The molecule has 3 rings (SSSR count). The van der Waals surface area contributed by atoms with Crippen molar-refractivity contribution >= 4 is 29.3 Å². The van der Waals surface area contributed by atoms with Gasteiger partial charge in [-0.25, -0.2) is 14.2 Å². The lowest BCUT2D eigenvalue weighted by Crippen LogP contribution is -2.50. The highest BCUT2D eigenvalue weighted by molar-refractivity contribution is 7.98. The zero-order valence-corrected chi connectivity index (χ0v) is 15.7. The van der Waals surface area contributed by atoms with Crippen molar-refractivity contribution in [3.8, 4) is 0 Å². The normalized spacial score (nSPS) is 14.1. The molecule has 1 aliphatic rings. The number of pyridine rings is 1. The van der Waals surface area contributed by atoms with Gasteiger partial charge in [0.2, 0.25) is 0 Å². The molecule has 1 aliphatic heterocycles. The summed E-state index contributed by atoms with van der Waals surface area (Å²) in [5, 5.41) is 0.563. The van der Waals surface area contributed by atoms with Gasteiger partial charge in [0, 0.05) is 32.4 Å². The van der Waals surface area contributed by atoms with Crippen molar-refractivity contribution in [1.82, 2.24) is 9.88 Å². The summed E-state index contributed by atoms with van der Waals surface area (Å²) in [5.41, 5.74) is 0.888. The van der Waals surface area contributed by atoms with Gasteiger partial charge in [-0.2, -0.15) is 0 Å². The number of aromatic nitrogens is 1. The molecule has 0 radical (unpaired) electrons. The van der Waals surface area contributed by atoms with Crippen LogP contribution in [0.1, 0.15) is 10.4 Å². The van der Waals surface area contributed by atoms with E-state index in [4.69, 9.17) is 4.74 Å². The highest BCUT2D eigenvalue weighted by Crippen LogP contribution is 2.20. The van der Waals surface area contributed by atoms with E-state index >= 15 is 0 Å². The molecule has 0 spiro atoms. The molecular weight excluding hydrogens is 369 g/mol. The average molecular weight is 389 g/mol. The van der Waals surface area contributed by atoms with Crippen molar-refractivity contribution in [3.63, 3.8) is 0 Å². The minimum absolute atomic E-state index is 0.258. The number of esters is 1. The van der Waals surface area contributed by atoms with E-state index in [-0.39, 0.29) is 18.3 Å². The molecule has 1 fully saturated rings. The first kappa shape index (κ1) is 19.2. The first-order chi connectivity index (χ1) is 13.1. The van der Waals surface area contributed by atoms with Gasteiger partial charge < -0.3 is 14.5 Å². The zero-order chi connectivity index (χ0) is 19.2. The van der Waals surface area contributed by atoms with Gasteiger partial charge in [-0.3, -0.25) is 4.79 Å². The number of benzene rings is 1. The molecule has 0 unspecified atom stereocenters. The minimum atomic E-state index is -0.564. The van der Waals surface area contributed by atoms with Crippen molar-refractivity contribution in [2.75, 3.05) is 43.9 Å². The van der Waals surface area contributed by atoms with Crippen LogP contribution < -0.4 is 4.90 Å². The van der Waals surface area contributed by atoms with E-state index in [0.717, 1.165) is 0 Å². The molecule has 6 nitrogen and oxygen atoms in total. The maximum atomic E-state index is 13.9. The Morgan fingerprint density at radius 1 is 1.15 bits per heavy atom. The predicted octanol–water partition coefficient (Wildman–Crippen LogP) is 2.45. The van der Waals surface area contributed by atoms with Crippen LogP contribution in [0.2, 0.25) is 0 Å². The minimum Gasteiger partial charge on any atom is -0.452 e. The summed E-state index contributed by atoms with van der Waals surface area (Å²) >= 11 is 1.34. The van der Waals surface area contributed by atoms with Gasteiger partial charge >= 0.3 is 5.97 Å². The van der Waals surface area contributed by atoms with Gasteiger partial charge in [-0.05, 0) is 30.5 Å². The number of nitrogens with zero attached hydrogens (tertiary/aromatic N) is 3. The molecule has 0 atom stereocenters. The van der Waals surface area contributed by atoms with Gasteiger partial charge in [0.15, 0.2) is 6.61 Å². The maximum Gasteiger partial charge on any atom is 0.341 e. The van der Waals surface area contributed by atoms with Gasteiger partial charge in [-0.1, -0.05) is 12.1 Å². The van der Waals surface area contributed by atoms with Crippen LogP contribution >= 0.6 is 11.8 Å². The van der Waals surface area contributed by atoms with Gasteiger partial charge in [0.25, 0.3) is 5.91 Å². The van der Waals surface area contributed by atoms with Crippen molar-refractivity contribution < 1.29 is 18.7 Å². The number of ether oxygens (including phenoxy) is 1. The van der Waals surface area contributed by atoms with E-state index in [1.165, 1.54) is 17.8 Å². The Balaban J connectivity index is 1.51. The topological polar surface area (TPSA) is 62.7 Å². The van der Waals surface area contributed by atoms with Crippen LogP contribution in [0.3, 0.4) is 0 Å². The maximum absolute atomic E-state index is 13.9. The van der Waals surface area contributed by atoms with Crippen LogP contribution in [0.25, 0.3) is 0 Å². The zero-order valence-electron chi connectivity index (χ0n) is 14.9. The second kappa shape index (κ2) is 8.85. The predicted molar refractivity (Wildman–Crippen MR) is 101 cm³/mol. The lowest BCUT2D eigenvalue weighted by molar-refractivity contribution is -0.134. The first-order valence-electron chi connectivity index (χ1n) is 8.53. The molecule has 1 aromatic heterocycles. The van der Waals surface area contributed by atoms with Crippen LogP contribution in [0.4, 0.5) is 10.1 Å². The van der Waals surface area contributed by atoms with Crippen molar-refractivity contribution in [2.24, 2.45) is 0 Å². The second-order valence-corrected chi connectivity index (χ2v) is 6.75. The molecule has 1 aromatic carbocycles. The monoisotopic (exact) mass is 389 g/mol. The largest absolute Gasteiger partial charge is 0.452 e. The molecule has 1 amide bonds. The van der Waals surface area contributed by atoms with Crippen molar-refractivity contribution in [1.29, 1.82) is 0 Å².